The van der Waals surface area contributed by atoms with E-state index in [9.17, 15) is 14.0 Å². The number of hydrogen-bond acceptors (Lipinski definition) is 6. The van der Waals surface area contributed by atoms with Gasteiger partial charge < -0.3 is 4.74 Å². The summed E-state index contributed by atoms with van der Waals surface area (Å²) in [5, 5.41) is 0. The molecule has 1 unspecified atom stereocenters. The Hall–Kier alpha value is -2.81. The Morgan fingerprint density at radius 3 is 2.76 bits per heavy atom. The fraction of sp³-hybridized carbons (Fsp3) is 0.350. The quantitative estimate of drug-likeness (QED) is 0.566. The van der Waals surface area contributed by atoms with Gasteiger partial charge in [0.1, 0.15) is 12.5 Å². The first-order valence-corrected chi connectivity index (χ1v) is 10.5. The third-order valence-corrected chi connectivity index (χ3v) is 5.96. The molecule has 0 saturated carbocycles. The molecule has 1 aromatic carbocycles. The molecular formula is C20H21FN4O3S. The van der Waals surface area contributed by atoms with E-state index in [-0.39, 0.29) is 11.4 Å². The minimum Gasteiger partial charge on any atom is -0.467 e. The van der Waals surface area contributed by atoms with Gasteiger partial charge >= 0.3 is 5.97 Å². The van der Waals surface area contributed by atoms with E-state index in [2.05, 4.69) is 4.99 Å². The summed E-state index contributed by atoms with van der Waals surface area (Å²) in [5.74, 6) is -0.815. The molecule has 29 heavy (non-hydrogen) atoms. The third-order valence-electron chi connectivity index (χ3n) is 5.21. The first-order valence-electron chi connectivity index (χ1n) is 9.28. The summed E-state index contributed by atoms with van der Waals surface area (Å²) in [5.41, 5.74) is 2.30. The molecule has 0 radical (unpaired) electrons. The van der Waals surface area contributed by atoms with Crippen LogP contribution in [0, 0.1) is 5.82 Å². The van der Waals surface area contributed by atoms with Crippen molar-refractivity contribution < 1.29 is 13.9 Å². The molecule has 9 heteroatoms. The van der Waals surface area contributed by atoms with Crippen molar-refractivity contribution in [1.29, 1.82) is 0 Å². The van der Waals surface area contributed by atoms with E-state index in [4.69, 9.17) is 4.74 Å². The van der Waals surface area contributed by atoms with E-state index < -0.39 is 12.0 Å². The maximum atomic E-state index is 13.5. The van der Waals surface area contributed by atoms with Crippen LogP contribution in [0.4, 0.5) is 4.39 Å². The number of fused-ring (bicyclic) bond motifs is 1. The Kier molecular flexibility index (Phi) is 5.31. The zero-order valence-electron chi connectivity index (χ0n) is 16.2. The van der Waals surface area contributed by atoms with Crippen LogP contribution in [-0.2, 0) is 16.1 Å². The number of esters is 1. The number of benzene rings is 1. The molecule has 0 fully saturated rings. The van der Waals surface area contributed by atoms with Crippen molar-refractivity contribution >= 4 is 29.8 Å². The van der Waals surface area contributed by atoms with E-state index in [1.54, 1.807) is 18.3 Å². The van der Waals surface area contributed by atoms with Gasteiger partial charge in [-0.3, -0.25) is 18.8 Å². The third kappa shape index (κ3) is 3.29. The van der Waals surface area contributed by atoms with Crippen LogP contribution in [-0.4, -0.2) is 45.9 Å². The van der Waals surface area contributed by atoms with E-state index in [1.165, 1.54) is 35.9 Å². The smallest absolute Gasteiger partial charge is 0.330 e. The Bertz CT molecular complexity index is 1050. The number of hydrogen-bond donors (Lipinski definition) is 0. The Morgan fingerprint density at radius 2 is 2.07 bits per heavy atom. The van der Waals surface area contributed by atoms with Crippen molar-refractivity contribution in [2.24, 2.45) is 4.99 Å². The highest BCUT2D eigenvalue weighted by atomic mass is 32.2. The molecule has 0 aliphatic carbocycles. The first kappa shape index (κ1) is 19.5. The summed E-state index contributed by atoms with van der Waals surface area (Å²) in [6, 6.07) is 5.17. The lowest BCUT2D eigenvalue weighted by molar-refractivity contribution is -0.146. The molecule has 1 atom stereocenters. The molecule has 0 saturated heterocycles. The Labute approximate surface area is 171 Å². The second-order valence-electron chi connectivity index (χ2n) is 6.77. The minimum atomic E-state index is -0.685. The van der Waals surface area contributed by atoms with Crippen LogP contribution in [0.1, 0.15) is 24.6 Å². The van der Waals surface area contributed by atoms with Gasteiger partial charge in [0.15, 0.2) is 6.04 Å². The van der Waals surface area contributed by atoms with E-state index in [1.807, 2.05) is 21.3 Å². The van der Waals surface area contributed by atoms with Gasteiger partial charge in [-0.15, -0.1) is 0 Å². The van der Waals surface area contributed by atoms with Crippen LogP contribution in [0.25, 0.3) is 16.8 Å². The standard InChI is InChI=1S/C20H21FN4O3S/c1-28-20(27)16-4-3-11-23-18(15-9-10-22-12-24(15)29-2)17(19(26)25(16)23)13-5-7-14(21)8-6-13/h5-10,16H,3-4,11-12H2,1-2H3. The van der Waals surface area contributed by atoms with Crippen LogP contribution in [0.3, 0.4) is 0 Å². The van der Waals surface area contributed by atoms with Gasteiger partial charge in [-0.25, -0.2) is 13.9 Å². The van der Waals surface area contributed by atoms with Gasteiger partial charge in [0.05, 0.1) is 24.1 Å². The molecule has 7 nitrogen and oxygen atoms in total. The predicted molar refractivity (Wildman–Crippen MR) is 111 cm³/mol. The largest absolute Gasteiger partial charge is 0.467 e. The van der Waals surface area contributed by atoms with Crippen molar-refractivity contribution in [3.8, 4) is 11.1 Å². The molecule has 0 N–H and O–H groups in total. The Balaban J connectivity index is 2.01. The SMILES string of the molecule is COC(=O)C1CCCn2c(C3=CC=NCN3SC)c(-c3ccc(F)cc3)c(=O)n21. The summed E-state index contributed by atoms with van der Waals surface area (Å²) >= 11 is 1.50. The van der Waals surface area contributed by atoms with Crippen LogP contribution in [0.5, 0.6) is 0 Å². The molecular weight excluding hydrogens is 395 g/mol. The van der Waals surface area contributed by atoms with Crippen LogP contribution >= 0.6 is 11.9 Å². The zero-order chi connectivity index (χ0) is 20.5. The molecule has 2 aliphatic heterocycles. The average molecular weight is 416 g/mol. The maximum absolute atomic E-state index is 13.5. The van der Waals surface area contributed by atoms with E-state index in [0.717, 1.165) is 12.1 Å². The minimum absolute atomic E-state index is 0.286. The molecule has 2 aromatic rings. The Morgan fingerprint density at radius 1 is 1.31 bits per heavy atom. The molecule has 3 heterocycles. The molecule has 0 bridgehead atoms. The number of carbonyl (C=O) groups excluding carboxylic acids is 1. The predicted octanol–water partition coefficient (Wildman–Crippen LogP) is 2.93. The molecule has 2 aliphatic rings. The monoisotopic (exact) mass is 416 g/mol. The number of carbonyl (C=O) groups is 1. The van der Waals surface area contributed by atoms with Crippen molar-refractivity contribution in [1.82, 2.24) is 13.7 Å². The summed E-state index contributed by atoms with van der Waals surface area (Å²) in [6.07, 6.45) is 6.79. The normalized spacial score (nSPS) is 18.4. The van der Waals surface area contributed by atoms with Crippen molar-refractivity contribution in [3.63, 3.8) is 0 Å². The maximum Gasteiger partial charge on any atom is 0.330 e. The summed E-state index contributed by atoms with van der Waals surface area (Å²) < 4.78 is 23.8. The van der Waals surface area contributed by atoms with Crippen molar-refractivity contribution in [3.05, 3.63) is 52.2 Å². The lowest BCUT2D eigenvalue weighted by Gasteiger charge is -2.30. The number of rotatable bonds is 4. The number of aromatic nitrogens is 2. The first-order chi connectivity index (χ1) is 14.1. The van der Waals surface area contributed by atoms with E-state index >= 15 is 0 Å². The molecule has 1 aromatic heterocycles. The highest BCUT2D eigenvalue weighted by Gasteiger charge is 2.35. The fourth-order valence-corrected chi connectivity index (χ4v) is 4.42. The highest BCUT2D eigenvalue weighted by molar-refractivity contribution is 7.96. The molecule has 0 spiro atoms. The van der Waals surface area contributed by atoms with Crippen LogP contribution < -0.4 is 5.56 Å². The van der Waals surface area contributed by atoms with Gasteiger partial charge in [-0.2, -0.15) is 0 Å². The van der Waals surface area contributed by atoms with Gasteiger partial charge in [-0.1, -0.05) is 24.1 Å². The second kappa shape index (κ2) is 7.90. The van der Waals surface area contributed by atoms with Gasteiger partial charge in [0.25, 0.3) is 5.56 Å². The lowest BCUT2D eigenvalue weighted by Crippen LogP contribution is -2.37. The number of nitrogens with zero attached hydrogens (tertiary/aromatic N) is 4. The summed E-state index contributed by atoms with van der Waals surface area (Å²) in [4.78, 5) is 30.2. The topological polar surface area (TPSA) is 68.8 Å². The van der Waals surface area contributed by atoms with Crippen molar-refractivity contribution in [2.75, 3.05) is 20.0 Å². The van der Waals surface area contributed by atoms with Crippen LogP contribution in [0.15, 0.2) is 40.1 Å². The van der Waals surface area contributed by atoms with E-state index in [0.29, 0.717) is 36.5 Å². The molecule has 152 valence electrons. The number of methoxy groups -OCH3 is 1. The number of ether oxygens (including phenoxy) is 1. The molecule has 4 rings (SSSR count). The number of halogens is 1. The average Bonchev–Trinajstić information content (AvgIpc) is 3.06. The zero-order valence-corrected chi connectivity index (χ0v) is 17.0. The van der Waals surface area contributed by atoms with Gasteiger partial charge in [0, 0.05) is 19.0 Å². The molecule has 0 amide bonds. The van der Waals surface area contributed by atoms with Gasteiger partial charge in [-0.05, 0) is 36.6 Å². The lowest BCUT2D eigenvalue weighted by atomic mass is 10.0. The summed E-state index contributed by atoms with van der Waals surface area (Å²) in [6.45, 7) is 1.05. The number of aliphatic imine (C=N–C) groups is 1. The van der Waals surface area contributed by atoms with Crippen molar-refractivity contribution in [2.45, 2.75) is 25.4 Å². The highest BCUT2D eigenvalue weighted by Crippen LogP contribution is 2.36. The fourth-order valence-electron chi connectivity index (χ4n) is 3.90. The summed E-state index contributed by atoms with van der Waals surface area (Å²) in [7, 11) is 1.33. The second-order valence-corrected chi connectivity index (χ2v) is 7.58. The van der Waals surface area contributed by atoms with Crippen LogP contribution in [0.2, 0.25) is 0 Å². The number of allylic oxidation sites excluding steroid dienone is 1. The van der Waals surface area contributed by atoms with Gasteiger partial charge in [0.2, 0.25) is 0 Å².